The first-order valence-corrected chi connectivity index (χ1v) is 9.54. The predicted molar refractivity (Wildman–Crippen MR) is 102 cm³/mol. The maximum absolute atomic E-state index is 12.7. The summed E-state index contributed by atoms with van der Waals surface area (Å²) in [6.07, 6.45) is 3.24. The Morgan fingerprint density at radius 1 is 1.28 bits per heavy atom. The van der Waals surface area contributed by atoms with Gasteiger partial charge in [0.05, 0.1) is 5.69 Å². The van der Waals surface area contributed by atoms with Crippen LogP contribution in [-0.2, 0) is 12.8 Å². The molecule has 0 saturated heterocycles. The average Bonchev–Trinajstić information content (AvgIpc) is 3.09. The molecule has 2 aromatic heterocycles. The molecule has 2 heterocycles. The highest BCUT2D eigenvalue weighted by Crippen LogP contribution is 2.33. The summed E-state index contributed by atoms with van der Waals surface area (Å²) in [5.74, 6) is 0.852. The van der Waals surface area contributed by atoms with Gasteiger partial charge in [0.1, 0.15) is 5.58 Å². The number of aromatic nitrogens is 1. The molecule has 25 heavy (non-hydrogen) atoms. The van der Waals surface area contributed by atoms with Crippen molar-refractivity contribution in [3.63, 3.8) is 0 Å². The van der Waals surface area contributed by atoms with Crippen molar-refractivity contribution in [3.05, 3.63) is 45.2 Å². The molecule has 0 unspecified atom stereocenters. The predicted octanol–water partition coefficient (Wildman–Crippen LogP) is 5.19. The van der Waals surface area contributed by atoms with Crippen molar-refractivity contribution in [2.45, 2.75) is 47.0 Å². The zero-order valence-electron chi connectivity index (χ0n) is 15.0. The van der Waals surface area contributed by atoms with Gasteiger partial charge in [-0.25, -0.2) is 4.98 Å². The summed E-state index contributed by atoms with van der Waals surface area (Å²) in [5, 5.41) is 4.61. The number of carbonyl (C=O) groups excluding carboxylic acids is 1. The molecule has 4 rings (SSSR count). The van der Waals surface area contributed by atoms with Crippen molar-refractivity contribution in [2.24, 2.45) is 5.92 Å². The van der Waals surface area contributed by atoms with E-state index in [2.05, 4.69) is 30.2 Å². The molecule has 1 N–H and O–H groups in total. The van der Waals surface area contributed by atoms with E-state index in [1.165, 1.54) is 16.9 Å². The lowest BCUT2D eigenvalue weighted by Gasteiger charge is -2.15. The van der Waals surface area contributed by atoms with Crippen molar-refractivity contribution >= 4 is 33.3 Å². The average molecular weight is 354 g/mol. The minimum Gasteiger partial charge on any atom is -0.451 e. The highest BCUT2D eigenvalue weighted by molar-refractivity contribution is 7.15. The van der Waals surface area contributed by atoms with Crippen molar-refractivity contribution in [1.29, 1.82) is 0 Å². The number of hydrogen-bond acceptors (Lipinski definition) is 4. The van der Waals surface area contributed by atoms with Gasteiger partial charge in [-0.1, -0.05) is 6.92 Å². The Morgan fingerprint density at radius 2 is 2.04 bits per heavy atom. The van der Waals surface area contributed by atoms with Crippen molar-refractivity contribution in [1.82, 2.24) is 4.98 Å². The molecule has 0 bridgehead atoms. The minimum atomic E-state index is -0.219. The Labute approximate surface area is 151 Å². The van der Waals surface area contributed by atoms with Crippen LogP contribution in [0.4, 0.5) is 5.13 Å². The van der Waals surface area contributed by atoms with Gasteiger partial charge in [-0.15, -0.1) is 11.3 Å². The maximum Gasteiger partial charge on any atom is 0.293 e. The topological polar surface area (TPSA) is 55.1 Å². The number of thiazole rings is 1. The number of rotatable bonds is 2. The zero-order valence-corrected chi connectivity index (χ0v) is 15.8. The number of benzene rings is 1. The lowest BCUT2D eigenvalue weighted by atomic mass is 9.93. The summed E-state index contributed by atoms with van der Waals surface area (Å²) in [6.45, 7) is 8.32. The summed E-state index contributed by atoms with van der Waals surface area (Å²) in [7, 11) is 0. The van der Waals surface area contributed by atoms with E-state index < -0.39 is 0 Å². The van der Waals surface area contributed by atoms with Gasteiger partial charge in [-0.05, 0) is 69.2 Å². The first kappa shape index (κ1) is 16.3. The number of nitrogens with one attached hydrogen (secondary N) is 1. The number of carbonyl (C=O) groups is 1. The molecule has 0 spiro atoms. The summed E-state index contributed by atoms with van der Waals surface area (Å²) in [6, 6.07) is 4.09. The molecule has 0 aliphatic heterocycles. The molecule has 3 aromatic rings. The van der Waals surface area contributed by atoms with E-state index in [0.717, 1.165) is 40.6 Å². The lowest BCUT2D eigenvalue weighted by molar-refractivity contribution is 0.0998. The number of aryl methyl sites for hydroxylation is 4. The van der Waals surface area contributed by atoms with Gasteiger partial charge >= 0.3 is 0 Å². The molecule has 0 fully saturated rings. The van der Waals surface area contributed by atoms with Crippen LogP contribution in [0.1, 0.15) is 51.2 Å². The fourth-order valence-corrected chi connectivity index (χ4v) is 4.61. The van der Waals surface area contributed by atoms with E-state index in [0.29, 0.717) is 16.8 Å². The van der Waals surface area contributed by atoms with Gasteiger partial charge in [-0.2, -0.15) is 0 Å². The summed E-state index contributed by atoms with van der Waals surface area (Å²) < 4.78 is 5.85. The van der Waals surface area contributed by atoms with Crippen LogP contribution in [0.3, 0.4) is 0 Å². The number of anilines is 1. The summed E-state index contributed by atoms with van der Waals surface area (Å²) in [5.41, 5.74) is 5.15. The number of fused-ring (bicyclic) bond motifs is 2. The SMILES string of the molecule is Cc1cc2oc(C(=O)Nc3nc4c(s3)C[C@H](C)CC4)c(C)c2cc1C. The first-order chi connectivity index (χ1) is 11.9. The third kappa shape index (κ3) is 2.86. The molecule has 130 valence electrons. The fourth-order valence-electron chi connectivity index (χ4n) is 3.44. The quantitative estimate of drug-likeness (QED) is 0.689. The Kier molecular flexibility index (Phi) is 3.91. The lowest BCUT2D eigenvalue weighted by Crippen LogP contribution is -2.12. The first-order valence-electron chi connectivity index (χ1n) is 8.72. The molecule has 1 atom stereocenters. The number of nitrogens with zero attached hydrogens (tertiary/aromatic N) is 1. The molecule has 5 heteroatoms. The zero-order chi connectivity index (χ0) is 17.7. The van der Waals surface area contributed by atoms with E-state index in [-0.39, 0.29) is 5.91 Å². The van der Waals surface area contributed by atoms with Gasteiger partial charge in [0.15, 0.2) is 10.9 Å². The number of hydrogen-bond donors (Lipinski definition) is 1. The summed E-state index contributed by atoms with van der Waals surface area (Å²) in [4.78, 5) is 18.6. The van der Waals surface area contributed by atoms with Crippen LogP contribution in [0, 0.1) is 26.7 Å². The second-order valence-electron chi connectivity index (χ2n) is 7.18. The molecule has 0 radical (unpaired) electrons. The standard InChI is InChI=1S/C20H22N2O2S/c1-10-5-6-15-17(7-10)25-20(21-15)22-19(23)18-13(4)14-8-11(2)12(3)9-16(14)24-18/h8-10H,5-7H2,1-4H3,(H,21,22,23)/t10-/m1/s1. The van der Waals surface area contributed by atoms with Crippen LogP contribution in [0.15, 0.2) is 16.5 Å². The van der Waals surface area contributed by atoms with E-state index in [1.54, 1.807) is 11.3 Å². The van der Waals surface area contributed by atoms with Crippen molar-refractivity contribution in [2.75, 3.05) is 5.32 Å². The normalized spacial score (nSPS) is 16.9. The van der Waals surface area contributed by atoms with E-state index >= 15 is 0 Å². The molecular weight excluding hydrogens is 332 g/mol. The van der Waals surface area contributed by atoms with Gasteiger partial charge in [0.25, 0.3) is 5.91 Å². The highest BCUT2D eigenvalue weighted by Gasteiger charge is 2.23. The van der Waals surface area contributed by atoms with Crippen molar-refractivity contribution in [3.8, 4) is 0 Å². The van der Waals surface area contributed by atoms with Crippen LogP contribution >= 0.6 is 11.3 Å². The molecule has 1 aromatic carbocycles. The van der Waals surface area contributed by atoms with Gasteiger partial charge in [-0.3, -0.25) is 10.1 Å². The van der Waals surface area contributed by atoms with Crippen LogP contribution in [0.2, 0.25) is 0 Å². The largest absolute Gasteiger partial charge is 0.451 e. The molecule has 1 amide bonds. The Bertz CT molecular complexity index is 983. The van der Waals surface area contributed by atoms with Crippen LogP contribution in [-0.4, -0.2) is 10.9 Å². The van der Waals surface area contributed by atoms with Gasteiger partial charge in [0.2, 0.25) is 0 Å². The molecular formula is C20H22N2O2S. The van der Waals surface area contributed by atoms with E-state index in [4.69, 9.17) is 4.42 Å². The maximum atomic E-state index is 12.7. The molecule has 1 aliphatic rings. The monoisotopic (exact) mass is 354 g/mol. The summed E-state index contributed by atoms with van der Waals surface area (Å²) >= 11 is 1.59. The third-order valence-corrected chi connectivity index (χ3v) is 6.20. The molecule has 0 saturated carbocycles. The van der Waals surface area contributed by atoms with Crippen molar-refractivity contribution < 1.29 is 9.21 Å². The minimum absolute atomic E-state index is 0.219. The Hall–Kier alpha value is -2.14. The van der Waals surface area contributed by atoms with E-state index in [1.807, 2.05) is 19.9 Å². The molecule has 1 aliphatic carbocycles. The Balaban J connectivity index is 1.63. The Morgan fingerprint density at radius 3 is 2.84 bits per heavy atom. The number of furan rings is 1. The second-order valence-corrected chi connectivity index (χ2v) is 8.26. The van der Waals surface area contributed by atoms with Crippen LogP contribution in [0.5, 0.6) is 0 Å². The smallest absolute Gasteiger partial charge is 0.293 e. The van der Waals surface area contributed by atoms with Gasteiger partial charge < -0.3 is 4.42 Å². The molecule has 4 nitrogen and oxygen atoms in total. The number of amides is 1. The van der Waals surface area contributed by atoms with Crippen LogP contribution in [0.25, 0.3) is 11.0 Å². The van der Waals surface area contributed by atoms with Crippen LogP contribution < -0.4 is 5.32 Å². The fraction of sp³-hybridized carbons (Fsp3) is 0.400. The van der Waals surface area contributed by atoms with Gasteiger partial charge in [0, 0.05) is 15.8 Å². The second kappa shape index (κ2) is 5.99. The third-order valence-electron chi connectivity index (χ3n) is 5.17. The van der Waals surface area contributed by atoms with E-state index in [9.17, 15) is 4.79 Å². The highest BCUT2D eigenvalue weighted by atomic mass is 32.1.